The summed E-state index contributed by atoms with van der Waals surface area (Å²) in [7, 11) is 1.56. The number of hydrogen-bond acceptors (Lipinski definition) is 7. The van der Waals surface area contributed by atoms with E-state index in [0.717, 1.165) is 29.2 Å². The fraction of sp³-hybridized carbons (Fsp3) is 0.294. The van der Waals surface area contributed by atoms with Crippen molar-refractivity contribution in [2.45, 2.75) is 0 Å². The monoisotopic (exact) mass is 371 g/mol. The van der Waals surface area contributed by atoms with Gasteiger partial charge < -0.3 is 9.64 Å². The molecule has 0 saturated carbocycles. The Labute approximate surface area is 152 Å². The van der Waals surface area contributed by atoms with E-state index < -0.39 is 11.2 Å². The standard InChI is InChI=1S/C17H17N5O3S/c1-25-12-4-2-11(3-5-12)22-15(23)13-10-18-16(19-14(13)20-17(22)24)21-6-8-26-9-7-21/h2-5,10H,6-9H2,1H3,(H,18,19,20,24). The number of nitrogens with zero attached hydrogens (tertiary/aromatic N) is 4. The van der Waals surface area contributed by atoms with Crippen LogP contribution in [-0.2, 0) is 0 Å². The molecule has 0 bridgehead atoms. The van der Waals surface area contributed by atoms with Gasteiger partial charge in [-0.15, -0.1) is 0 Å². The SMILES string of the molecule is COc1ccc(-n2c(=O)[nH]c3nc(N4CCSCC4)ncc3c2=O)cc1. The van der Waals surface area contributed by atoms with Gasteiger partial charge >= 0.3 is 5.69 Å². The molecule has 3 heterocycles. The summed E-state index contributed by atoms with van der Waals surface area (Å²) in [4.78, 5) is 38.8. The second kappa shape index (κ2) is 6.83. The van der Waals surface area contributed by atoms with Crippen molar-refractivity contribution in [3.63, 3.8) is 0 Å². The van der Waals surface area contributed by atoms with Gasteiger partial charge in [-0.25, -0.2) is 14.3 Å². The number of ether oxygens (including phenoxy) is 1. The Morgan fingerprint density at radius 1 is 1.15 bits per heavy atom. The number of anilines is 1. The van der Waals surface area contributed by atoms with E-state index in [1.54, 1.807) is 31.4 Å². The molecule has 4 rings (SSSR count). The van der Waals surface area contributed by atoms with Crippen LogP contribution in [0.1, 0.15) is 0 Å². The minimum atomic E-state index is -0.536. The minimum absolute atomic E-state index is 0.257. The van der Waals surface area contributed by atoms with E-state index in [1.165, 1.54) is 6.20 Å². The number of H-pyrrole nitrogens is 1. The molecule has 0 amide bonds. The lowest BCUT2D eigenvalue weighted by molar-refractivity contribution is 0.414. The van der Waals surface area contributed by atoms with Crippen LogP contribution in [0.3, 0.4) is 0 Å². The third-order valence-corrected chi connectivity index (χ3v) is 5.21. The highest BCUT2D eigenvalue weighted by atomic mass is 32.2. The molecule has 9 heteroatoms. The maximum absolute atomic E-state index is 12.8. The molecule has 26 heavy (non-hydrogen) atoms. The van der Waals surface area contributed by atoms with Gasteiger partial charge in [-0.1, -0.05) is 0 Å². The van der Waals surface area contributed by atoms with Gasteiger partial charge in [-0.05, 0) is 24.3 Å². The van der Waals surface area contributed by atoms with Gasteiger partial charge in [0, 0.05) is 30.8 Å². The van der Waals surface area contributed by atoms with Crippen LogP contribution >= 0.6 is 11.8 Å². The number of aromatic nitrogens is 4. The van der Waals surface area contributed by atoms with Crippen LogP contribution in [0.5, 0.6) is 5.75 Å². The third kappa shape index (κ3) is 2.94. The number of nitrogens with one attached hydrogen (secondary N) is 1. The van der Waals surface area contributed by atoms with Crippen molar-refractivity contribution in [3.05, 3.63) is 51.3 Å². The molecule has 134 valence electrons. The van der Waals surface area contributed by atoms with Crippen molar-refractivity contribution < 1.29 is 4.74 Å². The topological polar surface area (TPSA) is 93.1 Å². The maximum Gasteiger partial charge on any atom is 0.334 e. The van der Waals surface area contributed by atoms with Gasteiger partial charge in [0.15, 0.2) is 5.65 Å². The van der Waals surface area contributed by atoms with Crippen molar-refractivity contribution in [3.8, 4) is 11.4 Å². The summed E-state index contributed by atoms with van der Waals surface area (Å²) < 4.78 is 6.18. The van der Waals surface area contributed by atoms with E-state index in [9.17, 15) is 9.59 Å². The molecule has 0 aliphatic carbocycles. The molecule has 2 aromatic heterocycles. The fourth-order valence-electron chi connectivity index (χ4n) is 2.88. The number of hydrogen-bond donors (Lipinski definition) is 1. The van der Waals surface area contributed by atoms with Crippen molar-refractivity contribution >= 4 is 28.7 Å². The first-order valence-corrected chi connectivity index (χ1v) is 9.32. The molecule has 0 unspecified atom stereocenters. The number of fused-ring (bicyclic) bond motifs is 1. The van der Waals surface area contributed by atoms with Crippen LogP contribution in [-0.4, -0.2) is 51.2 Å². The van der Waals surface area contributed by atoms with Gasteiger partial charge in [0.1, 0.15) is 11.1 Å². The van der Waals surface area contributed by atoms with Crippen LogP contribution in [0.15, 0.2) is 40.1 Å². The number of aromatic amines is 1. The lowest BCUT2D eigenvalue weighted by Gasteiger charge is -2.26. The zero-order valence-electron chi connectivity index (χ0n) is 14.1. The summed E-state index contributed by atoms with van der Waals surface area (Å²) >= 11 is 1.89. The van der Waals surface area contributed by atoms with Crippen LogP contribution in [0, 0.1) is 0 Å². The summed E-state index contributed by atoms with van der Waals surface area (Å²) in [5, 5.41) is 0.274. The van der Waals surface area contributed by atoms with Crippen LogP contribution in [0.25, 0.3) is 16.7 Å². The third-order valence-electron chi connectivity index (χ3n) is 4.26. The molecule has 1 aliphatic rings. The second-order valence-electron chi connectivity index (χ2n) is 5.80. The van der Waals surface area contributed by atoms with Crippen LogP contribution < -0.4 is 20.9 Å². The fourth-order valence-corrected chi connectivity index (χ4v) is 3.78. The molecule has 1 N–H and O–H groups in total. The van der Waals surface area contributed by atoms with Crippen molar-refractivity contribution in [1.29, 1.82) is 0 Å². The van der Waals surface area contributed by atoms with Gasteiger partial charge in [-0.3, -0.25) is 9.78 Å². The summed E-state index contributed by atoms with van der Waals surface area (Å²) in [6.45, 7) is 1.70. The van der Waals surface area contributed by atoms with E-state index in [0.29, 0.717) is 17.4 Å². The predicted molar refractivity (Wildman–Crippen MR) is 102 cm³/mol. The van der Waals surface area contributed by atoms with Gasteiger partial charge in [-0.2, -0.15) is 16.7 Å². The van der Waals surface area contributed by atoms with Gasteiger partial charge in [0.25, 0.3) is 5.56 Å². The Kier molecular flexibility index (Phi) is 4.37. The first-order valence-electron chi connectivity index (χ1n) is 8.16. The maximum atomic E-state index is 12.8. The number of benzene rings is 1. The summed E-state index contributed by atoms with van der Waals surface area (Å²) in [6, 6.07) is 6.70. The molecule has 1 fully saturated rings. The lowest BCUT2D eigenvalue weighted by Crippen LogP contribution is -2.36. The molecule has 0 spiro atoms. The van der Waals surface area contributed by atoms with Gasteiger partial charge in [0.05, 0.1) is 12.8 Å². The Bertz CT molecular complexity index is 1050. The van der Waals surface area contributed by atoms with E-state index >= 15 is 0 Å². The highest BCUT2D eigenvalue weighted by Gasteiger charge is 2.16. The summed E-state index contributed by atoms with van der Waals surface area (Å²) in [5.41, 5.74) is -0.273. The molecular formula is C17H17N5O3S. The molecule has 3 aromatic rings. The highest BCUT2D eigenvalue weighted by molar-refractivity contribution is 7.99. The molecule has 1 aromatic carbocycles. The summed E-state index contributed by atoms with van der Waals surface area (Å²) in [6.07, 6.45) is 1.48. The van der Waals surface area contributed by atoms with Crippen molar-refractivity contribution in [1.82, 2.24) is 19.5 Å². The molecule has 0 atom stereocenters. The zero-order chi connectivity index (χ0) is 18.1. The Morgan fingerprint density at radius 3 is 2.58 bits per heavy atom. The quantitative estimate of drug-likeness (QED) is 0.735. The molecular weight excluding hydrogens is 354 g/mol. The van der Waals surface area contributed by atoms with E-state index in [-0.39, 0.29) is 11.0 Å². The number of thioether (sulfide) groups is 1. The van der Waals surface area contributed by atoms with Crippen molar-refractivity contribution in [2.24, 2.45) is 0 Å². The summed E-state index contributed by atoms with van der Waals surface area (Å²) in [5.74, 6) is 3.20. The van der Waals surface area contributed by atoms with Crippen molar-refractivity contribution in [2.75, 3.05) is 36.6 Å². The Balaban J connectivity index is 1.81. The average molecular weight is 371 g/mol. The predicted octanol–water partition coefficient (Wildman–Crippen LogP) is 1.03. The Hall–Kier alpha value is -2.81. The number of methoxy groups -OCH3 is 1. The van der Waals surface area contributed by atoms with E-state index in [2.05, 4.69) is 19.9 Å². The van der Waals surface area contributed by atoms with Gasteiger partial charge in [0.2, 0.25) is 5.95 Å². The van der Waals surface area contributed by atoms with Crippen LogP contribution in [0.4, 0.5) is 5.95 Å². The largest absolute Gasteiger partial charge is 0.497 e. The second-order valence-corrected chi connectivity index (χ2v) is 7.03. The smallest absolute Gasteiger partial charge is 0.334 e. The molecule has 8 nitrogen and oxygen atoms in total. The first-order chi connectivity index (χ1) is 12.7. The molecule has 1 saturated heterocycles. The number of rotatable bonds is 3. The molecule has 1 aliphatic heterocycles. The van der Waals surface area contributed by atoms with Crippen LogP contribution in [0.2, 0.25) is 0 Å². The average Bonchev–Trinajstić information content (AvgIpc) is 2.69. The van der Waals surface area contributed by atoms with E-state index in [4.69, 9.17) is 4.74 Å². The first kappa shape index (κ1) is 16.6. The highest BCUT2D eigenvalue weighted by Crippen LogP contribution is 2.17. The lowest BCUT2D eigenvalue weighted by atomic mass is 10.3. The van der Waals surface area contributed by atoms with E-state index in [1.807, 2.05) is 11.8 Å². The molecule has 0 radical (unpaired) electrons. The normalized spacial score (nSPS) is 14.6. The zero-order valence-corrected chi connectivity index (χ0v) is 15.0. The Morgan fingerprint density at radius 2 is 1.88 bits per heavy atom. The minimum Gasteiger partial charge on any atom is -0.497 e.